The summed E-state index contributed by atoms with van der Waals surface area (Å²) in [5.74, 6) is 0.216. The molecule has 0 spiro atoms. The van der Waals surface area contributed by atoms with Crippen LogP contribution in [0.2, 0.25) is 13.3 Å². The fourth-order valence-corrected chi connectivity index (χ4v) is 19.1. The van der Waals surface area contributed by atoms with Crippen LogP contribution >= 0.6 is 0 Å². The molecule has 1 nitrogen and oxygen atoms in total. The van der Waals surface area contributed by atoms with Crippen molar-refractivity contribution in [3.05, 3.63) is 30.3 Å². The van der Waals surface area contributed by atoms with E-state index in [1.54, 1.807) is 3.58 Å². The van der Waals surface area contributed by atoms with Crippen LogP contribution in [0.5, 0.6) is 0 Å². The summed E-state index contributed by atoms with van der Waals surface area (Å²) in [6.07, 6.45) is 6.44. The number of rotatable bonds is 10. The minimum atomic E-state index is -2.32. The van der Waals surface area contributed by atoms with E-state index in [1.807, 2.05) is 0 Å². The molecule has 0 radical (unpaired) electrons. The average Bonchev–Trinajstić information content (AvgIpc) is 2.55. The molecule has 0 amide bonds. The second-order valence-electron chi connectivity index (χ2n) is 6.42. The second-order valence-corrected chi connectivity index (χ2v) is 19.7. The molecule has 21 heavy (non-hydrogen) atoms. The topological polar surface area (TPSA) is 23.8 Å². The number of hydrogen-bond acceptors (Lipinski definition) is 1. The van der Waals surface area contributed by atoms with Crippen molar-refractivity contribution in [2.24, 2.45) is 5.92 Å². The van der Waals surface area contributed by atoms with Gasteiger partial charge in [0, 0.05) is 0 Å². The minimum absolute atomic E-state index is 0.216. The van der Waals surface area contributed by atoms with Crippen LogP contribution in [0.15, 0.2) is 30.3 Å². The van der Waals surface area contributed by atoms with Gasteiger partial charge in [0.1, 0.15) is 0 Å². The van der Waals surface area contributed by atoms with E-state index in [-0.39, 0.29) is 5.92 Å². The number of nitrogens with zero attached hydrogens (tertiary/aromatic N) is 1. The van der Waals surface area contributed by atoms with Crippen LogP contribution in [0.25, 0.3) is 0 Å². The third-order valence-corrected chi connectivity index (χ3v) is 20.2. The van der Waals surface area contributed by atoms with Gasteiger partial charge in [-0.15, -0.1) is 0 Å². The monoisotopic (exact) mass is 393 g/mol. The quantitative estimate of drug-likeness (QED) is 0.483. The number of nitriles is 1. The molecule has 1 aromatic rings. The zero-order valence-corrected chi connectivity index (χ0v) is 16.9. The molecular formula is C19H31NSn. The van der Waals surface area contributed by atoms with Gasteiger partial charge in [-0.1, -0.05) is 0 Å². The predicted octanol–water partition coefficient (Wildman–Crippen LogP) is 5.49. The van der Waals surface area contributed by atoms with E-state index in [1.165, 1.54) is 39.0 Å². The zero-order valence-electron chi connectivity index (χ0n) is 14.1. The van der Waals surface area contributed by atoms with E-state index in [0.717, 1.165) is 6.42 Å². The molecule has 2 heteroatoms. The summed E-state index contributed by atoms with van der Waals surface area (Å²) >= 11 is -2.32. The van der Waals surface area contributed by atoms with Gasteiger partial charge in [-0.2, -0.15) is 0 Å². The molecule has 0 saturated heterocycles. The normalized spacial score (nSPS) is 12.9. The van der Waals surface area contributed by atoms with Crippen LogP contribution in [-0.4, -0.2) is 18.4 Å². The molecule has 0 aliphatic rings. The van der Waals surface area contributed by atoms with E-state index < -0.39 is 18.4 Å². The summed E-state index contributed by atoms with van der Waals surface area (Å²) in [6, 6.07) is 13.8. The molecule has 116 valence electrons. The van der Waals surface area contributed by atoms with Crippen molar-refractivity contribution in [3.63, 3.8) is 0 Å². The van der Waals surface area contributed by atoms with Gasteiger partial charge >= 0.3 is 136 Å². The fourth-order valence-electron chi connectivity index (χ4n) is 3.19. The summed E-state index contributed by atoms with van der Waals surface area (Å²) in [4.78, 5) is 0. The second kappa shape index (κ2) is 10.3. The fraction of sp³-hybridized carbons (Fsp3) is 0.632. The molecule has 1 atom stereocenters. The maximum absolute atomic E-state index is 9.13. The Morgan fingerprint density at radius 3 is 2.05 bits per heavy atom. The van der Waals surface area contributed by atoms with Gasteiger partial charge in [-0.25, -0.2) is 0 Å². The van der Waals surface area contributed by atoms with Gasteiger partial charge < -0.3 is 0 Å². The Labute approximate surface area is 135 Å². The molecule has 0 aliphatic carbocycles. The SMILES string of the molecule is CCC[CH2][Sn]([CH2]CCC)([CH2]CC(C)C#N)[c]1ccccc1. The molecular weight excluding hydrogens is 361 g/mol. The molecule has 0 aliphatic heterocycles. The number of benzene rings is 1. The van der Waals surface area contributed by atoms with Gasteiger partial charge in [0.25, 0.3) is 0 Å². The van der Waals surface area contributed by atoms with Crippen LogP contribution in [0, 0.1) is 17.2 Å². The summed E-state index contributed by atoms with van der Waals surface area (Å²) in [5, 5.41) is 9.13. The first-order valence-electron chi connectivity index (χ1n) is 8.63. The Kier molecular flexibility index (Phi) is 9.08. The first-order chi connectivity index (χ1) is 10.2. The average molecular weight is 392 g/mol. The van der Waals surface area contributed by atoms with Crippen molar-refractivity contribution in [3.8, 4) is 6.07 Å². The summed E-state index contributed by atoms with van der Waals surface area (Å²) in [7, 11) is 0. The standard InChI is InChI=1S/C6H5.C5H8N.2C4H9.Sn/c1-2-4-6-5-3-1;1-3-5(2)4-6;2*1-3-4-2;/h1-5H;5H,1,3H2,2H3;2*1,3-4H2,2H3;. The molecule has 1 rings (SSSR count). The molecule has 0 saturated carbocycles. The Morgan fingerprint density at radius 1 is 1.00 bits per heavy atom. The zero-order chi connectivity index (χ0) is 15.6. The summed E-state index contributed by atoms with van der Waals surface area (Å²) < 4.78 is 5.98. The Hall–Kier alpha value is -0.491. The molecule has 0 bridgehead atoms. The Morgan fingerprint density at radius 2 is 1.57 bits per heavy atom. The van der Waals surface area contributed by atoms with Gasteiger partial charge in [0.05, 0.1) is 0 Å². The van der Waals surface area contributed by atoms with Crippen LogP contribution in [0.1, 0.15) is 52.9 Å². The molecule has 0 N–H and O–H groups in total. The molecule has 0 aromatic heterocycles. The number of hydrogen-bond donors (Lipinski definition) is 0. The number of unbranched alkanes of at least 4 members (excludes halogenated alkanes) is 2. The van der Waals surface area contributed by atoms with Gasteiger partial charge in [0.15, 0.2) is 0 Å². The van der Waals surface area contributed by atoms with Crippen molar-refractivity contribution >= 4 is 22.0 Å². The Balaban J connectivity index is 2.99. The molecule has 0 fully saturated rings. The van der Waals surface area contributed by atoms with E-state index in [4.69, 9.17) is 5.26 Å². The first kappa shape index (κ1) is 18.6. The first-order valence-corrected chi connectivity index (χ1v) is 16.1. The maximum atomic E-state index is 9.13. The van der Waals surface area contributed by atoms with Crippen molar-refractivity contribution in [2.75, 3.05) is 0 Å². The van der Waals surface area contributed by atoms with Crippen LogP contribution in [-0.2, 0) is 0 Å². The predicted molar refractivity (Wildman–Crippen MR) is 95.5 cm³/mol. The van der Waals surface area contributed by atoms with Gasteiger partial charge in [0.2, 0.25) is 0 Å². The van der Waals surface area contributed by atoms with Crippen LogP contribution in [0.3, 0.4) is 0 Å². The van der Waals surface area contributed by atoms with Crippen molar-refractivity contribution in [1.29, 1.82) is 5.26 Å². The van der Waals surface area contributed by atoms with Crippen LogP contribution in [0.4, 0.5) is 0 Å². The van der Waals surface area contributed by atoms with E-state index in [0.29, 0.717) is 0 Å². The van der Waals surface area contributed by atoms with Gasteiger partial charge in [-0.05, 0) is 0 Å². The van der Waals surface area contributed by atoms with E-state index >= 15 is 0 Å². The van der Waals surface area contributed by atoms with Crippen LogP contribution < -0.4 is 3.58 Å². The van der Waals surface area contributed by atoms with E-state index in [9.17, 15) is 0 Å². The summed E-state index contributed by atoms with van der Waals surface area (Å²) in [6.45, 7) is 6.69. The van der Waals surface area contributed by atoms with Crippen molar-refractivity contribution in [1.82, 2.24) is 0 Å². The van der Waals surface area contributed by atoms with Gasteiger partial charge in [-0.3, -0.25) is 0 Å². The Bertz CT molecular complexity index is 413. The summed E-state index contributed by atoms with van der Waals surface area (Å²) in [5.41, 5.74) is 0. The third kappa shape index (κ3) is 6.02. The van der Waals surface area contributed by atoms with Crippen molar-refractivity contribution in [2.45, 2.75) is 66.2 Å². The third-order valence-electron chi connectivity index (χ3n) is 4.68. The molecule has 1 unspecified atom stereocenters. The van der Waals surface area contributed by atoms with Crippen molar-refractivity contribution < 1.29 is 0 Å². The molecule has 1 aromatic carbocycles. The van der Waals surface area contributed by atoms with E-state index in [2.05, 4.69) is 57.2 Å². The molecule has 0 heterocycles.